The quantitative estimate of drug-likeness (QED) is 0.0902. The van der Waals surface area contributed by atoms with Crippen molar-refractivity contribution in [2.24, 2.45) is 0 Å². The number of hydrogen-bond donors (Lipinski definition) is 0. The van der Waals surface area contributed by atoms with Gasteiger partial charge in [0.25, 0.3) is 0 Å². The van der Waals surface area contributed by atoms with Crippen molar-refractivity contribution in [3.8, 4) is 11.8 Å². The molecule has 1 saturated carbocycles. The minimum atomic E-state index is -0.627. The highest BCUT2D eigenvalue weighted by Crippen LogP contribution is 2.41. The summed E-state index contributed by atoms with van der Waals surface area (Å²) in [5.41, 5.74) is 3.42. The van der Waals surface area contributed by atoms with E-state index >= 15 is 0 Å². The highest BCUT2D eigenvalue weighted by molar-refractivity contribution is 5.85. The molecule has 2 aromatic carbocycles. The molecule has 42 heavy (non-hydrogen) atoms. The molecule has 1 aliphatic rings. The van der Waals surface area contributed by atoms with Crippen molar-refractivity contribution in [2.75, 3.05) is 0 Å². The lowest BCUT2D eigenvalue weighted by Crippen LogP contribution is -2.41. The van der Waals surface area contributed by atoms with E-state index in [1.54, 1.807) is 0 Å². The Balaban J connectivity index is 1.56. The van der Waals surface area contributed by atoms with Gasteiger partial charge in [-0.3, -0.25) is 4.79 Å². The topological polar surface area (TPSA) is 50.1 Å². The number of ether oxygens (including phenoxy) is 1. The highest BCUT2D eigenvalue weighted by atomic mass is 16.5. The number of nitriles is 1. The molecule has 0 radical (unpaired) electrons. The molecule has 0 saturated heterocycles. The van der Waals surface area contributed by atoms with Crippen molar-refractivity contribution in [1.82, 2.24) is 0 Å². The first-order valence-corrected chi connectivity index (χ1v) is 17.5. The minimum Gasteiger partial charge on any atom is -0.424 e. The normalized spacial score (nSPS) is 14.4. The van der Waals surface area contributed by atoms with Gasteiger partial charge in [-0.25, -0.2) is 0 Å². The van der Waals surface area contributed by atoms with Gasteiger partial charge in [0.1, 0.15) is 11.8 Å². The smallest absolute Gasteiger partial charge is 0.321 e. The van der Waals surface area contributed by atoms with Crippen molar-refractivity contribution in [3.63, 3.8) is 0 Å². The zero-order valence-electron chi connectivity index (χ0n) is 26.9. The van der Waals surface area contributed by atoms with Crippen LogP contribution in [0.1, 0.15) is 165 Å². The maximum atomic E-state index is 13.9. The second-order valence-electron chi connectivity index (χ2n) is 12.8. The fourth-order valence-corrected chi connectivity index (χ4v) is 6.61. The Kier molecular flexibility index (Phi) is 15.8. The Morgan fingerprint density at radius 3 is 1.74 bits per heavy atom. The Morgan fingerprint density at radius 2 is 1.19 bits per heavy atom. The summed E-state index contributed by atoms with van der Waals surface area (Å²) in [6.45, 7) is 4.52. The molecule has 230 valence electrons. The van der Waals surface area contributed by atoms with E-state index in [1.807, 2.05) is 18.2 Å². The maximum absolute atomic E-state index is 13.9. The van der Waals surface area contributed by atoms with Crippen molar-refractivity contribution in [2.45, 2.75) is 161 Å². The average Bonchev–Trinajstić information content (AvgIpc) is 3.03. The summed E-state index contributed by atoms with van der Waals surface area (Å²) in [6, 6.07) is 16.9. The largest absolute Gasteiger partial charge is 0.424 e. The molecular formula is C39H57NO2. The van der Waals surface area contributed by atoms with Gasteiger partial charge in [0.05, 0.1) is 11.0 Å². The summed E-state index contributed by atoms with van der Waals surface area (Å²) in [5.74, 6) is 0.205. The van der Waals surface area contributed by atoms with Crippen LogP contribution in [0.2, 0.25) is 0 Å². The Morgan fingerprint density at radius 1 is 0.690 bits per heavy atom. The van der Waals surface area contributed by atoms with Gasteiger partial charge >= 0.3 is 5.97 Å². The number of carbonyl (C=O) groups excluding carboxylic acids is 1. The standard InChI is InChI=1S/C39H57NO2/c1-3-5-7-9-11-13-14-17-21-33-23-26-36(27-24-33)39(29-19-16-20-30-39)38(41)42-37-28-25-34(31-35(37)32-40)22-18-15-12-10-8-6-4-2/h23-28,31H,3-22,29-30H2,1-2H3. The zero-order valence-corrected chi connectivity index (χ0v) is 26.9. The summed E-state index contributed by atoms with van der Waals surface area (Å²) in [4.78, 5) is 13.9. The molecule has 0 N–H and O–H groups in total. The number of nitrogens with zero attached hydrogens (tertiary/aromatic N) is 1. The lowest BCUT2D eigenvalue weighted by molar-refractivity contribution is -0.142. The molecule has 0 amide bonds. The van der Waals surface area contributed by atoms with Gasteiger partial charge in [-0.1, -0.05) is 147 Å². The number of esters is 1. The van der Waals surface area contributed by atoms with E-state index in [9.17, 15) is 10.1 Å². The molecule has 3 heteroatoms. The molecular weight excluding hydrogens is 514 g/mol. The lowest BCUT2D eigenvalue weighted by atomic mass is 9.69. The molecule has 0 aliphatic heterocycles. The van der Waals surface area contributed by atoms with E-state index in [4.69, 9.17) is 4.74 Å². The van der Waals surface area contributed by atoms with Gasteiger partial charge in [0.2, 0.25) is 0 Å². The van der Waals surface area contributed by atoms with Gasteiger partial charge in [-0.2, -0.15) is 5.26 Å². The Hall–Kier alpha value is -2.60. The van der Waals surface area contributed by atoms with Gasteiger partial charge in [0, 0.05) is 0 Å². The molecule has 1 aliphatic carbocycles. The van der Waals surface area contributed by atoms with Crippen LogP contribution in [-0.4, -0.2) is 5.97 Å². The summed E-state index contributed by atoms with van der Waals surface area (Å²) >= 11 is 0. The van der Waals surface area contributed by atoms with E-state index in [0.29, 0.717) is 11.3 Å². The molecule has 0 unspecified atom stereocenters. The van der Waals surface area contributed by atoms with Crippen molar-refractivity contribution in [1.29, 1.82) is 5.26 Å². The molecule has 0 heterocycles. The van der Waals surface area contributed by atoms with Crippen molar-refractivity contribution in [3.05, 3.63) is 64.7 Å². The molecule has 0 spiro atoms. The van der Waals surface area contributed by atoms with Crippen LogP contribution in [0.4, 0.5) is 0 Å². The summed E-state index contributed by atoms with van der Waals surface area (Å²) in [5, 5.41) is 9.88. The minimum absolute atomic E-state index is 0.200. The third-order valence-electron chi connectivity index (χ3n) is 9.36. The van der Waals surface area contributed by atoms with E-state index in [-0.39, 0.29) is 5.97 Å². The number of hydrogen-bond acceptors (Lipinski definition) is 3. The molecule has 0 bridgehead atoms. The molecule has 0 aromatic heterocycles. The molecule has 1 fully saturated rings. The fraction of sp³-hybridized carbons (Fsp3) is 0.641. The summed E-state index contributed by atoms with van der Waals surface area (Å²) in [6.07, 6.45) is 26.4. The zero-order chi connectivity index (χ0) is 29.9. The second kappa shape index (κ2) is 19.6. The molecule has 2 aromatic rings. The predicted molar refractivity (Wildman–Crippen MR) is 176 cm³/mol. The first-order chi connectivity index (χ1) is 20.6. The number of carbonyl (C=O) groups is 1. The van der Waals surface area contributed by atoms with E-state index < -0.39 is 5.41 Å². The van der Waals surface area contributed by atoms with Crippen LogP contribution in [0.5, 0.6) is 5.75 Å². The second-order valence-corrected chi connectivity index (χ2v) is 12.8. The van der Waals surface area contributed by atoms with Crippen molar-refractivity contribution >= 4 is 5.97 Å². The van der Waals surface area contributed by atoms with Crippen LogP contribution in [0, 0.1) is 11.3 Å². The number of benzene rings is 2. The monoisotopic (exact) mass is 571 g/mol. The average molecular weight is 572 g/mol. The highest BCUT2D eigenvalue weighted by Gasteiger charge is 2.43. The maximum Gasteiger partial charge on any atom is 0.321 e. The first kappa shape index (κ1) is 33.9. The summed E-state index contributed by atoms with van der Waals surface area (Å²) in [7, 11) is 0. The van der Waals surface area contributed by atoms with Gasteiger partial charge in [0.15, 0.2) is 0 Å². The van der Waals surface area contributed by atoms with E-state index in [0.717, 1.165) is 62.5 Å². The Labute approximate surface area is 257 Å². The van der Waals surface area contributed by atoms with Gasteiger partial charge in [-0.05, 0) is 67.3 Å². The molecule has 0 atom stereocenters. The van der Waals surface area contributed by atoms with Crippen LogP contribution in [0.3, 0.4) is 0 Å². The van der Waals surface area contributed by atoms with Crippen LogP contribution in [0.25, 0.3) is 0 Å². The number of aryl methyl sites for hydroxylation is 2. The van der Waals surface area contributed by atoms with Gasteiger partial charge < -0.3 is 4.74 Å². The van der Waals surface area contributed by atoms with E-state index in [1.165, 1.54) is 95.5 Å². The van der Waals surface area contributed by atoms with Crippen LogP contribution >= 0.6 is 0 Å². The number of unbranched alkanes of at least 4 members (excludes halogenated alkanes) is 13. The Bertz CT molecular complexity index is 1070. The first-order valence-electron chi connectivity index (χ1n) is 17.5. The molecule has 3 rings (SSSR count). The van der Waals surface area contributed by atoms with Crippen LogP contribution in [0.15, 0.2) is 42.5 Å². The fourth-order valence-electron chi connectivity index (χ4n) is 6.61. The number of rotatable bonds is 20. The van der Waals surface area contributed by atoms with E-state index in [2.05, 4.69) is 44.2 Å². The predicted octanol–water partition coefficient (Wildman–Crippen LogP) is 11.3. The lowest BCUT2D eigenvalue weighted by Gasteiger charge is -2.35. The van der Waals surface area contributed by atoms with Crippen LogP contribution in [-0.2, 0) is 23.1 Å². The third kappa shape index (κ3) is 10.9. The van der Waals surface area contributed by atoms with Crippen LogP contribution < -0.4 is 4.74 Å². The molecule has 3 nitrogen and oxygen atoms in total. The SMILES string of the molecule is CCCCCCCCCCc1ccc(C2(C(=O)Oc3ccc(CCCCCCCCC)cc3C#N)CCCCC2)cc1. The van der Waals surface area contributed by atoms with Crippen molar-refractivity contribution < 1.29 is 9.53 Å². The van der Waals surface area contributed by atoms with Gasteiger partial charge in [-0.15, -0.1) is 0 Å². The third-order valence-corrected chi connectivity index (χ3v) is 9.36. The summed E-state index contributed by atoms with van der Waals surface area (Å²) < 4.78 is 6.06.